The number of carbonyl (C=O) groups is 3. The number of allylic oxidation sites excluding steroid dienone is 5. The van der Waals surface area contributed by atoms with Gasteiger partial charge in [0.2, 0.25) is 0 Å². The van der Waals surface area contributed by atoms with Gasteiger partial charge in [-0.2, -0.15) is 0 Å². The van der Waals surface area contributed by atoms with E-state index in [9.17, 15) is 19.5 Å². The predicted octanol–water partition coefficient (Wildman–Crippen LogP) is 5.16. The van der Waals surface area contributed by atoms with Gasteiger partial charge in [-0.1, -0.05) is 29.4 Å². The van der Waals surface area contributed by atoms with Crippen molar-refractivity contribution in [3.63, 3.8) is 0 Å². The maximum Gasteiger partial charge on any atom is 0.188 e. The van der Waals surface area contributed by atoms with Crippen LogP contribution in [0.3, 0.4) is 0 Å². The highest BCUT2D eigenvalue weighted by Crippen LogP contribution is 2.44. The van der Waals surface area contributed by atoms with Gasteiger partial charge in [0.1, 0.15) is 17.4 Å². The number of aliphatic hydroxyl groups is 1. The minimum atomic E-state index is -1.48. The molecule has 1 aliphatic carbocycles. The first kappa shape index (κ1) is 26.0. The summed E-state index contributed by atoms with van der Waals surface area (Å²) in [6.45, 7) is 11.6. The molecule has 6 heteroatoms. The molecule has 2 rings (SSSR count). The third-order valence-corrected chi connectivity index (χ3v) is 5.69. The van der Waals surface area contributed by atoms with Crippen molar-refractivity contribution >= 4 is 23.4 Å². The van der Waals surface area contributed by atoms with E-state index >= 15 is 0 Å². The van der Waals surface area contributed by atoms with Gasteiger partial charge in [0.05, 0.1) is 5.41 Å². The molecule has 1 atom stereocenters. The predicted molar refractivity (Wildman–Crippen MR) is 128 cm³/mol. The molecule has 0 saturated heterocycles. The summed E-state index contributed by atoms with van der Waals surface area (Å²) >= 11 is 0. The highest BCUT2D eigenvalue weighted by Gasteiger charge is 2.51. The number of aliphatic hydroxyl groups excluding tert-OH is 1. The average molecular weight is 453 g/mol. The van der Waals surface area contributed by atoms with Crippen LogP contribution in [0.15, 0.2) is 66.5 Å². The molecule has 6 nitrogen and oxygen atoms in total. The lowest BCUT2D eigenvalue weighted by molar-refractivity contribution is -0.143. The topological polar surface area (TPSA) is 89.9 Å². The van der Waals surface area contributed by atoms with Crippen molar-refractivity contribution in [2.24, 2.45) is 11.3 Å². The van der Waals surface area contributed by atoms with Crippen LogP contribution in [0.25, 0.3) is 6.08 Å². The molecule has 1 aromatic carbocycles. The van der Waals surface area contributed by atoms with Crippen molar-refractivity contribution < 1.29 is 29.0 Å². The van der Waals surface area contributed by atoms with E-state index in [1.165, 1.54) is 13.2 Å². The van der Waals surface area contributed by atoms with Gasteiger partial charge in [0, 0.05) is 13.2 Å². The molecule has 0 bridgehead atoms. The molecule has 0 spiro atoms. The Morgan fingerprint density at radius 2 is 1.67 bits per heavy atom. The first-order valence-electron chi connectivity index (χ1n) is 10.8. The largest absolute Gasteiger partial charge is 0.511 e. The van der Waals surface area contributed by atoms with E-state index in [0.717, 1.165) is 17.2 Å². The minimum Gasteiger partial charge on any atom is -0.511 e. The van der Waals surface area contributed by atoms with E-state index in [1.54, 1.807) is 30.3 Å². The molecule has 0 aromatic heterocycles. The van der Waals surface area contributed by atoms with Gasteiger partial charge in [0.15, 0.2) is 24.1 Å². The van der Waals surface area contributed by atoms with Crippen LogP contribution < -0.4 is 4.74 Å². The van der Waals surface area contributed by atoms with Crippen LogP contribution in [-0.2, 0) is 19.1 Å². The summed E-state index contributed by atoms with van der Waals surface area (Å²) in [6.07, 6.45) is 5.36. The van der Waals surface area contributed by atoms with E-state index in [1.807, 2.05) is 13.8 Å². The Bertz CT molecular complexity index is 962. The lowest BCUT2D eigenvalue weighted by Crippen LogP contribution is -2.47. The van der Waals surface area contributed by atoms with Crippen molar-refractivity contribution in [1.82, 2.24) is 0 Å². The minimum absolute atomic E-state index is 0.123. The van der Waals surface area contributed by atoms with Crippen molar-refractivity contribution in [1.29, 1.82) is 0 Å². The van der Waals surface area contributed by atoms with E-state index in [2.05, 4.69) is 13.2 Å². The monoisotopic (exact) mass is 452 g/mol. The Morgan fingerprint density at radius 1 is 1.09 bits per heavy atom. The molecular weight excluding hydrogens is 420 g/mol. The normalized spacial score (nSPS) is 17.7. The first-order valence-corrected chi connectivity index (χ1v) is 10.8. The lowest BCUT2D eigenvalue weighted by atomic mass is 9.64. The SMILES string of the molecule is C=C(C)CCC1(CCC(=C)C)C(=O)C(C(=O)C=Cc2ccc(OCOC)cc2)C(=O)C=C1O. The highest BCUT2D eigenvalue weighted by molar-refractivity contribution is 6.28. The first-order chi connectivity index (χ1) is 15.6. The molecule has 1 aromatic rings. The molecular formula is C27H32O6. The van der Waals surface area contributed by atoms with Gasteiger partial charge >= 0.3 is 0 Å². The fourth-order valence-electron chi connectivity index (χ4n) is 3.72. The van der Waals surface area contributed by atoms with Gasteiger partial charge in [-0.15, -0.1) is 13.2 Å². The molecule has 176 valence electrons. The van der Waals surface area contributed by atoms with Crippen molar-refractivity contribution in [2.45, 2.75) is 39.5 Å². The molecule has 0 aliphatic heterocycles. The number of carbonyl (C=O) groups excluding carboxylic acids is 3. The molecule has 1 aliphatic rings. The molecule has 0 saturated carbocycles. The highest BCUT2D eigenvalue weighted by atomic mass is 16.7. The zero-order valence-corrected chi connectivity index (χ0v) is 19.6. The van der Waals surface area contributed by atoms with Crippen LogP contribution in [-0.4, -0.2) is 36.4 Å². The van der Waals surface area contributed by atoms with E-state index in [4.69, 9.17) is 9.47 Å². The number of methoxy groups -OCH3 is 1. The van der Waals surface area contributed by atoms with E-state index in [-0.39, 0.29) is 25.4 Å². The Morgan fingerprint density at radius 3 is 2.18 bits per heavy atom. The molecule has 0 amide bonds. The Balaban J connectivity index is 2.28. The molecule has 1 unspecified atom stereocenters. The smallest absolute Gasteiger partial charge is 0.188 e. The number of benzene rings is 1. The Labute approximate surface area is 195 Å². The van der Waals surface area contributed by atoms with Crippen molar-refractivity contribution in [2.75, 3.05) is 13.9 Å². The van der Waals surface area contributed by atoms with E-state index in [0.29, 0.717) is 24.2 Å². The van der Waals surface area contributed by atoms with Gasteiger partial charge in [0.25, 0.3) is 0 Å². The van der Waals surface area contributed by atoms with Gasteiger partial charge in [-0.3, -0.25) is 14.4 Å². The fourth-order valence-corrected chi connectivity index (χ4v) is 3.72. The van der Waals surface area contributed by atoms with Crippen LogP contribution in [0.5, 0.6) is 5.75 Å². The Hall–Kier alpha value is -3.25. The summed E-state index contributed by atoms with van der Waals surface area (Å²) in [7, 11) is 1.53. The number of Topliss-reactive ketones (excluding diaryl/α,β-unsaturated/α-hetero) is 1. The molecule has 33 heavy (non-hydrogen) atoms. The zero-order chi connectivity index (χ0) is 24.6. The van der Waals surface area contributed by atoms with Crippen LogP contribution in [0.4, 0.5) is 0 Å². The average Bonchev–Trinajstić information content (AvgIpc) is 2.76. The summed E-state index contributed by atoms with van der Waals surface area (Å²) in [5, 5.41) is 10.7. The third kappa shape index (κ3) is 6.62. The van der Waals surface area contributed by atoms with Crippen LogP contribution in [0, 0.1) is 11.3 Å². The second kappa shape index (κ2) is 11.6. The van der Waals surface area contributed by atoms with Crippen LogP contribution >= 0.6 is 0 Å². The summed E-state index contributed by atoms with van der Waals surface area (Å²) in [6, 6.07) is 6.94. The van der Waals surface area contributed by atoms with Gasteiger partial charge in [-0.25, -0.2) is 0 Å². The number of hydrogen-bond donors (Lipinski definition) is 1. The second-order valence-electron chi connectivity index (χ2n) is 8.58. The summed E-state index contributed by atoms with van der Waals surface area (Å²) in [5.74, 6) is -3.01. The molecule has 0 heterocycles. The zero-order valence-electron chi connectivity index (χ0n) is 19.6. The van der Waals surface area contributed by atoms with Crippen LogP contribution in [0.2, 0.25) is 0 Å². The summed E-state index contributed by atoms with van der Waals surface area (Å²) in [4.78, 5) is 39.1. The molecule has 1 N–H and O–H groups in total. The fraction of sp³-hybridized carbons (Fsp3) is 0.370. The summed E-state index contributed by atoms with van der Waals surface area (Å²) in [5.41, 5.74) is 1.10. The number of ether oxygens (including phenoxy) is 2. The molecule has 0 radical (unpaired) electrons. The quantitative estimate of drug-likeness (QED) is 0.204. The van der Waals surface area contributed by atoms with Crippen LogP contribution in [0.1, 0.15) is 45.1 Å². The summed E-state index contributed by atoms with van der Waals surface area (Å²) < 4.78 is 10.2. The molecule has 0 fully saturated rings. The van der Waals surface area contributed by atoms with Crippen molar-refractivity contribution in [3.05, 3.63) is 72.0 Å². The number of hydrogen-bond acceptors (Lipinski definition) is 6. The lowest BCUT2D eigenvalue weighted by Gasteiger charge is -2.37. The Kier molecular flexibility index (Phi) is 9.12. The maximum absolute atomic E-state index is 13.5. The number of ketones is 3. The third-order valence-electron chi connectivity index (χ3n) is 5.69. The number of rotatable bonds is 12. The second-order valence-corrected chi connectivity index (χ2v) is 8.58. The maximum atomic E-state index is 13.5. The van der Waals surface area contributed by atoms with Gasteiger partial charge in [-0.05, 0) is 63.3 Å². The standard InChI is InChI=1S/C27H32O6/c1-18(2)12-14-27(15-13-19(3)4)24(30)16-23(29)25(26(27)31)22(28)11-8-20-6-9-21(10-7-20)33-17-32-5/h6-11,16,25,30H,1,3,12-15,17H2,2,4-5H3. The van der Waals surface area contributed by atoms with Crippen molar-refractivity contribution in [3.8, 4) is 5.75 Å². The van der Waals surface area contributed by atoms with Gasteiger partial charge < -0.3 is 14.6 Å². The van der Waals surface area contributed by atoms with E-state index < -0.39 is 28.7 Å².